The lowest BCUT2D eigenvalue weighted by molar-refractivity contribution is -0.139. The van der Waals surface area contributed by atoms with Gasteiger partial charge in [0, 0.05) is 6.54 Å². The van der Waals surface area contributed by atoms with Crippen molar-refractivity contribution in [3.63, 3.8) is 0 Å². The second kappa shape index (κ2) is 4.77. The summed E-state index contributed by atoms with van der Waals surface area (Å²) in [4.78, 5) is 10.5. The molecule has 14 heavy (non-hydrogen) atoms. The molecule has 0 bridgehead atoms. The van der Waals surface area contributed by atoms with Crippen LogP contribution in [0.15, 0.2) is 24.3 Å². The molecule has 0 spiro atoms. The Kier molecular flexibility index (Phi) is 3.65. The molecule has 0 saturated heterocycles. The molecule has 1 aromatic carbocycles. The molecule has 0 amide bonds. The largest absolute Gasteiger partial charge is 0.480 e. The van der Waals surface area contributed by atoms with Crippen LogP contribution in [-0.2, 0) is 11.3 Å². The minimum atomic E-state index is -0.822. The molecule has 3 heteroatoms. The zero-order valence-corrected chi connectivity index (χ0v) is 8.45. The zero-order valence-electron chi connectivity index (χ0n) is 8.45. The molecule has 0 heterocycles. The number of carbonyl (C=O) groups is 1. The van der Waals surface area contributed by atoms with Crippen LogP contribution in [0.3, 0.4) is 0 Å². The Hall–Kier alpha value is -1.35. The van der Waals surface area contributed by atoms with Crippen LogP contribution in [0.5, 0.6) is 0 Å². The molecular formula is C11H15NO2. The molecule has 0 saturated carbocycles. The molecule has 1 atom stereocenters. The lowest BCUT2D eigenvalue weighted by atomic mass is 10.1. The summed E-state index contributed by atoms with van der Waals surface area (Å²) in [7, 11) is 0. The number of benzene rings is 1. The molecule has 3 nitrogen and oxygen atoms in total. The topological polar surface area (TPSA) is 49.3 Å². The number of aliphatic carboxylic acids is 1. The van der Waals surface area contributed by atoms with Gasteiger partial charge in [-0.05, 0) is 19.4 Å². The van der Waals surface area contributed by atoms with Crippen molar-refractivity contribution < 1.29 is 9.90 Å². The van der Waals surface area contributed by atoms with E-state index in [-0.39, 0.29) is 0 Å². The smallest absolute Gasteiger partial charge is 0.320 e. The summed E-state index contributed by atoms with van der Waals surface area (Å²) in [6, 6.07) is 7.51. The average Bonchev–Trinajstić information content (AvgIpc) is 2.14. The van der Waals surface area contributed by atoms with E-state index in [1.54, 1.807) is 6.92 Å². The van der Waals surface area contributed by atoms with E-state index in [2.05, 4.69) is 5.32 Å². The first-order valence-electron chi connectivity index (χ1n) is 4.61. The fourth-order valence-corrected chi connectivity index (χ4v) is 1.18. The van der Waals surface area contributed by atoms with Crippen molar-refractivity contribution >= 4 is 5.97 Å². The van der Waals surface area contributed by atoms with Crippen LogP contribution in [0.1, 0.15) is 18.1 Å². The molecular weight excluding hydrogens is 178 g/mol. The number of aryl methyl sites for hydroxylation is 1. The molecule has 1 rings (SSSR count). The fraction of sp³-hybridized carbons (Fsp3) is 0.364. The minimum absolute atomic E-state index is 0.504. The highest BCUT2D eigenvalue weighted by Gasteiger charge is 2.08. The molecule has 0 aromatic heterocycles. The molecule has 0 unspecified atom stereocenters. The van der Waals surface area contributed by atoms with Crippen molar-refractivity contribution in [2.75, 3.05) is 0 Å². The summed E-state index contributed by atoms with van der Waals surface area (Å²) >= 11 is 0. The number of rotatable bonds is 4. The van der Waals surface area contributed by atoms with E-state index in [1.807, 2.05) is 31.2 Å². The van der Waals surface area contributed by atoms with Crippen molar-refractivity contribution in [3.05, 3.63) is 35.4 Å². The van der Waals surface area contributed by atoms with Crippen LogP contribution in [-0.4, -0.2) is 17.1 Å². The molecule has 0 aliphatic heterocycles. The maximum atomic E-state index is 10.5. The summed E-state index contributed by atoms with van der Waals surface area (Å²) in [5.74, 6) is -0.822. The first kappa shape index (κ1) is 10.7. The Labute approximate surface area is 83.8 Å². The number of carboxylic acids is 1. The van der Waals surface area contributed by atoms with E-state index < -0.39 is 12.0 Å². The monoisotopic (exact) mass is 193 g/mol. The molecule has 2 N–H and O–H groups in total. The number of hydrogen-bond acceptors (Lipinski definition) is 2. The highest BCUT2D eigenvalue weighted by atomic mass is 16.4. The second-order valence-electron chi connectivity index (χ2n) is 3.43. The summed E-state index contributed by atoms with van der Waals surface area (Å²) in [5.41, 5.74) is 2.30. The number of nitrogens with one attached hydrogen (secondary N) is 1. The van der Waals surface area contributed by atoms with E-state index in [0.29, 0.717) is 6.54 Å². The van der Waals surface area contributed by atoms with Crippen LogP contribution in [0.2, 0.25) is 0 Å². The summed E-state index contributed by atoms with van der Waals surface area (Å²) in [6.07, 6.45) is 0. The molecule has 0 aliphatic carbocycles. The third-order valence-corrected chi connectivity index (χ3v) is 2.07. The predicted molar refractivity (Wildman–Crippen MR) is 55.1 cm³/mol. The summed E-state index contributed by atoms with van der Waals surface area (Å²) in [5, 5.41) is 11.6. The van der Waals surface area contributed by atoms with Gasteiger partial charge in [0.25, 0.3) is 0 Å². The Morgan fingerprint density at radius 3 is 2.86 bits per heavy atom. The van der Waals surface area contributed by atoms with Crippen molar-refractivity contribution in [3.8, 4) is 0 Å². The molecule has 1 aromatic rings. The first-order chi connectivity index (χ1) is 6.59. The number of carboxylic acid groups (broad SMARTS) is 1. The SMILES string of the molecule is Cc1cccc(CN[C@@H](C)C(=O)O)c1. The molecule has 76 valence electrons. The van der Waals surface area contributed by atoms with Crippen molar-refractivity contribution in [1.29, 1.82) is 0 Å². The maximum absolute atomic E-state index is 10.5. The van der Waals surface area contributed by atoms with Crippen LogP contribution < -0.4 is 5.32 Å². The van der Waals surface area contributed by atoms with Gasteiger partial charge in [-0.15, -0.1) is 0 Å². The average molecular weight is 193 g/mol. The third kappa shape index (κ3) is 3.18. The van der Waals surface area contributed by atoms with Gasteiger partial charge in [0.05, 0.1) is 0 Å². The number of hydrogen-bond donors (Lipinski definition) is 2. The standard InChI is InChI=1S/C11H15NO2/c1-8-4-3-5-10(6-8)7-12-9(2)11(13)14/h3-6,9,12H,7H2,1-2H3,(H,13,14)/t9-/m0/s1. The van der Waals surface area contributed by atoms with Gasteiger partial charge in [0.2, 0.25) is 0 Å². The van der Waals surface area contributed by atoms with E-state index in [4.69, 9.17) is 5.11 Å². The third-order valence-electron chi connectivity index (χ3n) is 2.07. The van der Waals surface area contributed by atoms with Gasteiger partial charge in [0.15, 0.2) is 0 Å². The van der Waals surface area contributed by atoms with Crippen LogP contribution in [0, 0.1) is 6.92 Å². The Balaban J connectivity index is 2.49. The van der Waals surface area contributed by atoms with Gasteiger partial charge in [-0.2, -0.15) is 0 Å². The predicted octanol–water partition coefficient (Wildman–Crippen LogP) is 1.56. The lowest BCUT2D eigenvalue weighted by Crippen LogP contribution is -2.33. The van der Waals surface area contributed by atoms with Crippen LogP contribution in [0.25, 0.3) is 0 Å². The molecule has 0 aliphatic rings. The van der Waals surface area contributed by atoms with Crippen LogP contribution >= 0.6 is 0 Å². The zero-order chi connectivity index (χ0) is 10.6. The lowest BCUT2D eigenvalue weighted by Gasteiger charge is -2.09. The van der Waals surface area contributed by atoms with Gasteiger partial charge < -0.3 is 10.4 Å². The van der Waals surface area contributed by atoms with Gasteiger partial charge in [-0.3, -0.25) is 4.79 Å². The van der Waals surface area contributed by atoms with E-state index >= 15 is 0 Å². The van der Waals surface area contributed by atoms with E-state index in [9.17, 15) is 4.79 Å². The first-order valence-corrected chi connectivity index (χ1v) is 4.61. The van der Waals surface area contributed by atoms with E-state index in [0.717, 1.165) is 5.56 Å². The van der Waals surface area contributed by atoms with Gasteiger partial charge >= 0.3 is 5.97 Å². The van der Waals surface area contributed by atoms with Crippen LogP contribution in [0.4, 0.5) is 0 Å². The van der Waals surface area contributed by atoms with Crippen molar-refractivity contribution in [2.24, 2.45) is 0 Å². The van der Waals surface area contributed by atoms with Gasteiger partial charge in [-0.25, -0.2) is 0 Å². The quantitative estimate of drug-likeness (QED) is 0.763. The normalized spacial score (nSPS) is 12.4. The molecule has 0 fully saturated rings. The second-order valence-corrected chi connectivity index (χ2v) is 3.43. The minimum Gasteiger partial charge on any atom is -0.480 e. The Bertz CT molecular complexity index is 323. The highest BCUT2D eigenvalue weighted by Crippen LogP contribution is 2.03. The van der Waals surface area contributed by atoms with E-state index in [1.165, 1.54) is 5.56 Å². The van der Waals surface area contributed by atoms with Gasteiger partial charge in [-0.1, -0.05) is 29.8 Å². The Morgan fingerprint density at radius 1 is 1.57 bits per heavy atom. The maximum Gasteiger partial charge on any atom is 0.320 e. The molecule has 0 radical (unpaired) electrons. The highest BCUT2D eigenvalue weighted by molar-refractivity contribution is 5.72. The van der Waals surface area contributed by atoms with Crippen molar-refractivity contribution in [1.82, 2.24) is 5.32 Å². The van der Waals surface area contributed by atoms with Crippen molar-refractivity contribution in [2.45, 2.75) is 26.4 Å². The summed E-state index contributed by atoms with van der Waals surface area (Å²) in [6.45, 7) is 4.25. The van der Waals surface area contributed by atoms with Gasteiger partial charge in [0.1, 0.15) is 6.04 Å². The Morgan fingerprint density at radius 2 is 2.29 bits per heavy atom. The fourth-order valence-electron chi connectivity index (χ4n) is 1.18. The summed E-state index contributed by atoms with van der Waals surface area (Å²) < 4.78 is 0.